The van der Waals surface area contributed by atoms with Gasteiger partial charge in [0, 0.05) is 12.7 Å². The Bertz CT molecular complexity index is 592. The van der Waals surface area contributed by atoms with Gasteiger partial charge in [0.1, 0.15) is 11.9 Å². The van der Waals surface area contributed by atoms with E-state index in [-0.39, 0.29) is 17.4 Å². The van der Waals surface area contributed by atoms with E-state index in [0.717, 1.165) is 0 Å². The van der Waals surface area contributed by atoms with Gasteiger partial charge in [-0.15, -0.1) is 0 Å². The van der Waals surface area contributed by atoms with Crippen LogP contribution in [-0.2, 0) is 9.84 Å². The maximum absolute atomic E-state index is 11.3. The number of nitrogen functional groups attached to an aromatic ring is 1. The predicted molar refractivity (Wildman–Crippen MR) is 68.6 cm³/mol. The minimum absolute atomic E-state index is 0.104. The number of pyridine rings is 1. The van der Waals surface area contributed by atoms with Crippen molar-refractivity contribution >= 4 is 21.3 Å². The number of sulfone groups is 1. The summed E-state index contributed by atoms with van der Waals surface area (Å²) in [4.78, 5) is 4.04. The zero-order valence-electron chi connectivity index (χ0n) is 9.76. The van der Waals surface area contributed by atoms with Crippen molar-refractivity contribution in [1.82, 2.24) is 4.98 Å². The van der Waals surface area contributed by atoms with Crippen molar-refractivity contribution in [2.75, 3.05) is 29.1 Å². The molecule has 96 valence electrons. The second-order valence-electron chi connectivity index (χ2n) is 4.42. The summed E-state index contributed by atoms with van der Waals surface area (Å²) < 4.78 is 22.6. The number of hydrogen-bond donors (Lipinski definition) is 2. The number of nitrogens with one attached hydrogen (secondary N) is 1. The van der Waals surface area contributed by atoms with Crippen LogP contribution in [0.15, 0.2) is 12.3 Å². The fourth-order valence-corrected chi connectivity index (χ4v) is 3.83. The van der Waals surface area contributed by atoms with Gasteiger partial charge >= 0.3 is 0 Å². The molecule has 6 nitrogen and oxygen atoms in total. The molecule has 2 rings (SSSR count). The van der Waals surface area contributed by atoms with Crippen molar-refractivity contribution < 1.29 is 8.42 Å². The third-order valence-electron chi connectivity index (χ3n) is 2.93. The summed E-state index contributed by atoms with van der Waals surface area (Å²) in [6.07, 6.45) is 2.11. The quantitative estimate of drug-likeness (QED) is 0.818. The van der Waals surface area contributed by atoms with Crippen LogP contribution in [0.4, 0.5) is 11.5 Å². The third-order valence-corrected chi connectivity index (χ3v) is 4.77. The molecule has 18 heavy (non-hydrogen) atoms. The lowest BCUT2D eigenvalue weighted by atomic mass is 10.1. The van der Waals surface area contributed by atoms with Crippen molar-refractivity contribution in [2.24, 2.45) is 5.92 Å². The molecular weight excluding hydrogens is 252 g/mol. The number of aromatic nitrogens is 1. The molecule has 1 aliphatic heterocycles. The molecule has 0 spiro atoms. The van der Waals surface area contributed by atoms with Gasteiger partial charge in [0.05, 0.1) is 22.8 Å². The number of nitriles is 1. The molecule has 0 saturated carbocycles. The molecule has 7 heteroatoms. The molecule has 3 N–H and O–H groups in total. The molecular formula is C11H14N4O2S. The van der Waals surface area contributed by atoms with E-state index in [2.05, 4.69) is 10.3 Å². The molecule has 0 bridgehead atoms. The first kappa shape index (κ1) is 12.6. The van der Waals surface area contributed by atoms with Crippen LogP contribution in [0.5, 0.6) is 0 Å². The maximum atomic E-state index is 11.3. The number of anilines is 2. The topological polar surface area (TPSA) is 109 Å². The highest BCUT2D eigenvalue weighted by Gasteiger charge is 2.27. The smallest absolute Gasteiger partial charge is 0.150 e. The summed E-state index contributed by atoms with van der Waals surface area (Å²) in [7, 11) is -2.86. The molecule has 0 radical (unpaired) electrons. The molecule has 1 unspecified atom stereocenters. The van der Waals surface area contributed by atoms with Gasteiger partial charge in [0.2, 0.25) is 0 Å². The monoisotopic (exact) mass is 266 g/mol. The van der Waals surface area contributed by atoms with Crippen LogP contribution in [-0.4, -0.2) is 31.5 Å². The van der Waals surface area contributed by atoms with E-state index < -0.39 is 9.84 Å². The number of rotatable bonds is 3. The highest BCUT2D eigenvalue weighted by atomic mass is 32.2. The molecule has 1 saturated heterocycles. The van der Waals surface area contributed by atoms with Gasteiger partial charge in [-0.25, -0.2) is 13.4 Å². The first-order valence-electron chi connectivity index (χ1n) is 5.60. The van der Waals surface area contributed by atoms with Gasteiger partial charge in [-0.3, -0.25) is 0 Å². The molecule has 0 aromatic carbocycles. The van der Waals surface area contributed by atoms with E-state index in [1.165, 1.54) is 6.20 Å². The first-order valence-corrected chi connectivity index (χ1v) is 7.42. The normalized spacial score (nSPS) is 21.4. The minimum atomic E-state index is -2.86. The van der Waals surface area contributed by atoms with Gasteiger partial charge in [0.15, 0.2) is 9.84 Å². The van der Waals surface area contributed by atoms with E-state index >= 15 is 0 Å². The SMILES string of the molecule is N#Cc1cnc(NCC2CCS(=O)(=O)C2)c(N)c1. The maximum Gasteiger partial charge on any atom is 0.150 e. The van der Waals surface area contributed by atoms with Crippen LogP contribution < -0.4 is 11.1 Å². The van der Waals surface area contributed by atoms with Crippen LogP contribution in [0, 0.1) is 17.2 Å². The van der Waals surface area contributed by atoms with E-state index in [1.54, 1.807) is 6.07 Å². The van der Waals surface area contributed by atoms with Gasteiger partial charge in [-0.2, -0.15) is 5.26 Å². The molecule has 1 aromatic heterocycles. The van der Waals surface area contributed by atoms with Gasteiger partial charge in [-0.05, 0) is 18.4 Å². The zero-order valence-corrected chi connectivity index (χ0v) is 10.6. The van der Waals surface area contributed by atoms with Crippen molar-refractivity contribution in [3.05, 3.63) is 17.8 Å². The number of nitrogens with two attached hydrogens (primary N) is 1. The van der Waals surface area contributed by atoms with Crippen LogP contribution in [0.1, 0.15) is 12.0 Å². The molecule has 1 aliphatic rings. The summed E-state index contributed by atoms with van der Waals surface area (Å²) in [5, 5.41) is 11.7. The van der Waals surface area contributed by atoms with E-state index in [0.29, 0.717) is 30.0 Å². The lowest BCUT2D eigenvalue weighted by Gasteiger charge is -2.11. The van der Waals surface area contributed by atoms with Crippen molar-refractivity contribution in [1.29, 1.82) is 5.26 Å². The Labute approximate surface area is 106 Å². The standard InChI is InChI=1S/C11H14N4O2S/c12-4-9-3-10(13)11(15-6-9)14-5-8-1-2-18(16,17)7-8/h3,6,8H,1-2,5,7,13H2,(H,14,15). The van der Waals surface area contributed by atoms with Crippen molar-refractivity contribution in [2.45, 2.75) is 6.42 Å². The minimum Gasteiger partial charge on any atom is -0.396 e. The largest absolute Gasteiger partial charge is 0.396 e. The molecule has 2 heterocycles. The Morgan fingerprint density at radius 1 is 1.61 bits per heavy atom. The summed E-state index contributed by atoms with van der Waals surface area (Å²) in [6.45, 7) is 0.530. The summed E-state index contributed by atoms with van der Waals surface area (Å²) in [5.41, 5.74) is 6.54. The third kappa shape index (κ3) is 2.90. The Hall–Kier alpha value is -1.81. The average Bonchev–Trinajstić information content (AvgIpc) is 2.67. The van der Waals surface area contributed by atoms with Gasteiger partial charge in [0.25, 0.3) is 0 Å². The number of nitrogens with zero attached hydrogens (tertiary/aromatic N) is 2. The second kappa shape index (κ2) is 4.82. The van der Waals surface area contributed by atoms with Gasteiger partial charge < -0.3 is 11.1 Å². The predicted octanol–water partition coefficient (Wildman–Crippen LogP) is 0.382. The fourth-order valence-electron chi connectivity index (χ4n) is 1.96. The zero-order chi connectivity index (χ0) is 13.2. The summed E-state index contributed by atoms with van der Waals surface area (Å²) in [5.74, 6) is 1.08. The van der Waals surface area contributed by atoms with Crippen molar-refractivity contribution in [3.8, 4) is 6.07 Å². The second-order valence-corrected chi connectivity index (χ2v) is 6.65. The van der Waals surface area contributed by atoms with E-state index in [1.807, 2.05) is 6.07 Å². The van der Waals surface area contributed by atoms with Gasteiger partial charge in [-0.1, -0.05) is 0 Å². The Morgan fingerprint density at radius 3 is 2.94 bits per heavy atom. The highest BCUT2D eigenvalue weighted by molar-refractivity contribution is 7.91. The fraction of sp³-hybridized carbons (Fsp3) is 0.455. The Kier molecular flexibility index (Phi) is 3.39. The van der Waals surface area contributed by atoms with Crippen LogP contribution in [0.2, 0.25) is 0 Å². The summed E-state index contributed by atoms with van der Waals surface area (Å²) >= 11 is 0. The van der Waals surface area contributed by atoms with Crippen LogP contribution >= 0.6 is 0 Å². The lowest BCUT2D eigenvalue weighted by molar-refractivity contribution is 0.596. The summed E-state index contributed by atoms with van der Waals surface area (Å²) in [6, 6.07) is 3.50. The highest BCUT2D eigenvalue weighted by Crippen LogP contribution is 2.21. The molecule has 1 aromatic rings. The van der Waals surface area contributed by atoms with Crippen molar-refractivity contribution in [3.63, 3.8) is 0 Å². The molecule has 0 aliphatic carbocycles. The molecule has 1 fully saturated rings. The first-order chi connectivity index (χ1) is 8.50. The van der Waals surface area contributed by atoms with Crippen LogP contribution in [0.25, 0.3) is 0 Å². The number of hydrogen-bond acceptors (Lipinski definition) is 6. The lowest BCUT2D eigenvalue weighted by Crippen LogP contribution is -2.17. The molecule has 1 atom stereocenters. The molecule has 0 amide bonds. The average molecular weight is 266 g/mol. The van der Waals surface area contributed by atoms with Crippen LogP contribution in [0.3, 0.4) is 0 Å². The Morgan fingerprint density at radius 2 is 2.39 bits per heavy atom. The van der Waals surface area contributed by atoms with E-state index in [9.17, 15) is 8.42 Å². The van der Waals surface area contributed by atoms with E-state index in [4.69, 9.17) is 11.0 Å². The Balaban J connectivity index is 1.97.